The quantitative estimate of drug-likeness (QED) is 0.651. The molecule has 3 aromatic rings. The summed E-state index contributed by atoms with van der Waals surface area (Å²) < 4.78 is 12.6. The number of benzene rings is 3. The normalized spacial score (nSPS) is 26.0. The second-order valence-corrected chi connectivity index (χ2v) is 9.21. The zero-order valence-electron chi connectivity index (χ0n) is 19.0. The molecule has 1 saturated heterocycles. The highest BCUT2D eigenvalue weighted by molar-refractivity contribution is 5.68. The van der Waals surface area contributed by atoms with Crippen LogP contribution in [-0.4, -0.2) is 30.9 Å². The van der Waals surface area contributed by atoms with Crippen LogP contribution >= 0.6 is 0 Å². The summed E-state index contributed by atoms with van der Waals surface area (Å²) in [5.41, 5.74) is 8.20. The average Bonchev–Trinajstić information content (AvgIpc) is 3.34. The molecule has 1 spiro atoms. The van der Waals surface area contributed by atoms with E-state index in [9.17, 15) is 0 Å². The Morgan fingerprint density at radius 3 is 2.42 bits per heavy atom. The fraction of sp³-hybridized carbons (Fsp3) is 0.286. The summed E-state index contributed by atoms with van der Waals surface area (Å²) in [4.78, 5) is 1.60. The zero-order valence-corrected chi connectivity index (χ0v) is 19.0. The number of hydrogen-bond donors (Lipinski definition) is 2. The van der Waals surface area contributed by atoms with Crippen LogP contribution in [0.1, 0.15) is 35.6 Å². The topological polar surface area (TPSA) is 38.2 Å². The highest BCUT2D eigenvalue weighted by Gasteiger charge is 2.53. The molecule has 1 fully saturated rings. The fourth-order valence-electron chi connectivity index (χ4n) is 5.50. The molecule has 0 unspecified atom stereocenters. The summed E-state index contributed by atoms with van der Waals surface area (Å²) in [7, 11) is 1.72. The van der Waals surface area contributed by atoms with Crippen LogP contribution in [0.4, 0.5) is 0 Å². The van der Waals surface area contributed by atoms with Crippen LogP contribution in [0.5, 0.6) is 11.5 Å². The van der Waals surface area contributed by atoms with Gasteiger partial charge >= 0.3 is 0 Å². The van der Waals surface area contributed by atoms with Gasteiger partial charge in [-0.05, 0) is 17.7 Å². The van der Waals surface area contributed by atoms with Gasteiger partial charge in [-0.25, -0.2) is 0 Å². The molecule has 0 aromatic heterocycles. The molecule has 2 N–H and O–H groups in total. The zero-order chi connectivity index (χ0) is 22.3. The summed E-state index contributed by atoms with van der Waals surface area (Å²) in [6.45, 7) is 3.18. The number of ether oxygens (including phenoxy) is 2. The fourth-order valence-corrected chi connectivity index (χ4v) is 5.50. The molecule has 1 atom stereocenters. The number of methoxy groups -OCH3 is 1. The molecule has 6 rings (SSSR count). The van der Waals surface area contributed by atoms with E-state index in [4.69, 9.17) is 9.47 Å². The molecule has 168 valence electrons. The van der Waals surface area contributed by atoms with Gasteiger partial charge in [-0.15, -0.1) is 0 Å². The predicted molar refractivity (Wildman–Crippen MR) is 129 cm³/mol. The molecule has 3 aliphatic heterocycles. The average molecular weight is 441 g/mol. The molecule has 33 heavy (non-hydrogen) atoms. The van der Waals surface area contributed by atoms with Gasteiger partial charge in [0, 0.05) is 11.1 Å². The van der Waals surface area contributed by atoms with Crippen molar-refractivity contribution in [2.24, 2.45) is 0 Å². The number of nitrogens with one attached hydrogen (secondary N) is 2. The van der Waals surface area contributed by atoms with Crippen LogP contribution in [-0.2, 0) is 6.54 Å². The van der Waals surface area contributed by atoms with Crippen LogP contribution in [0.3, 0.4) is 0 Å². The van der Waals surface area contributed by atoms with E-state index in [1.807, 2.05) is 6.07 Å². The minimum absolute atomic E-state index is 0.106. The van der Waals surface area contributed by atoms with Gasteiger partial charge in [-0.2, -0.15) is 5.01 Å². The van der Waals surface area contributed by atoms with E-state index in [0.717, 1.165) is 55.2 Å². The molecule has 3 heterocycles. The van der Waals surface area contributed by atoms with Gasteiger partial charge in [0.15, 0.2) is 17.2 Å². The van der Waals surface area contributed by atoms with Crippen molar-refractivity contribution in [2.75, 3.05) is 20.2 Å². The third-order valence-electron chi connectivity index (χ3n) is 7.24. The van der Waals surface area contributed by atoms with Crippen LogP contribution in [0.25, 0.3) is 5.70 Å². The number of nitrogens with zero attached hydrogens (tertiary/aromatic N) is 1. The largest absolute Gasteiger partial charge is 0.493 e. The van der Waals surface area contributed by atoms with Gasteiger partial charge in [-0.3, -0.25) is 0 Å². The Kier molecular flexibility index (Phi) is 5.08. The second-order valence-electron chi connectivity index (χ2n) is 9.21. The first-order valence-electron chi connectivity index (χ1n) is 11.8. The third-order valence-corrected chi connectivity index (χ3v) is 7.24. The summed E-state index contributed by atoms with van der Waals surface area (Å²) in [5.74, 6) is 1.70. The van der Waals surface area contributed by atoms with E-state index >= 15 is 0 Å². The molecule has 3 aliphatic rings. The summed E-state index contributed by atoms with van der Waals surface area (Å²) >= 11 is 0. The van der Waals surface area contributed by atoms with Gasteiger partial charge in [-0.1, -0.05) is 72.8 Å². The molecule has 0 bridgehead atoms. The van der Waals surface area contributed by atoms with Crippen molar-refractivity contribution in [2.45, 2.75) is 31.2 Å². The Bertz CT molecular complexity index is 1150. The van der Waals surface area contributed by atoms with Gasteiger partial charge in [0.2, 0.25) is 0 Å². The van der Waals surface area contributed by atoms with E-state index in [1.165, 1.54) is 11.1 Å². The van der Waals surface area contributed by atoms with Gasteiger partial charge in [0.25, 0.3) is 0 Å². The number of hydrazine groups is 1. The molecule has 0 amide bonds. The first-order valence-corrected chi connectivity index (χ1v) is 11.8. The molecule has 5 heteroatoms. The first kappa shape index (κ1) is 20.3. The molecule has 0 radical (unpaired) electrons. The summed E-state index contributed by atoms with van der Waals surface area (Å²) in [6, 6.07) is 27.7. The van der Waals surface area contributed by atoms with Crippen molar-refractivity contribution in [3.8, 4) is 11.5 Å². The highest BCUT2D eigenvalue weighted by atomic mass is 16.5. The second kappa shape index (κ2) is 8.25. The maximum atomic E-state index is 6.87. The summed E-state index contributed by atoms with van der Waals surface area (Å²) in [5, 5.41) is 2.36. The number of para-hydroxylation sites is 1. The molecule has 0 aliphatic carbocycles. The van der Waals surface area contributed by atoms with Crippen LogP contribution in [0.2, 0.25) is 0 Å². The smallest absolute Gasteiger partial charge is 0.191 e. The SMILES string of the molecule is COc1cccc2c1OC1(CC[NH+](Cc3ccccc3)CC1)N1NC(c3ccccc3)=C[C@H]21. The van der Waals surface area contributed by atoms with E-state index in [1.54, 1.807) is 12.0 Å². The number of hydrogen-bond acceptors (Lipinski definition) is 4. The number of piperidine rings is 1. The third kappa shape index (κ3) is 3.58. The Morgan fingerprint density at radius 1 is 0.970 bits per heavy atom. The molecular formula is C28H30N3O2+. The highest BCUT2D eigenvalue weighted by Crippen LogP contribution is 2.50. The van der Waals surface area contributed by atoms with E-state index in [-0.39, 0.29) is 6.04 Å². The summed E-state index contributed by atoms with van der Waals surface area (Å²) in [6.07, 6.45) is 4.24. The van der Waals surface area contributed by atoms with Gasteiger partial charge in [0.1, 0.15) is 6.54 Å². The molecule has 0 saturated carbocycles. The minimum Gasteiger partial charge on any atom is -0.493 e. The van der Waals surface area contributed by atoms with Crippen LogP contribution in [0.15, 0.2) is 84.9 Å². The standard InChI is InChI=1S/C28H29N3O2/c1-32-26-14-8-13-23-25-19-24(22-11-6-3-7-12-22)29-31(25)28(33-27(23)26)15-17-30(18-16-28)20-21-9-4-2-5-10-21/h2-14,19,25,29H,15-18,20H2,1H3/p+1/t25-/m1/s1. The van der Waals surface area contributed by atoms with E-state index in [0.29, 0.717) is 0 Å². The van der Waals surface area contributed by atoms with E-state index < -0.39 is 5.72 Å². The minimum atomic E-state index is -0.403. The van der Waals surface area contributed by atoms with Crippen molar-refractivity contribution in [1.29, 1.82) is 0 Å². The first-order chi connectivity index (χ1) is 16.3. The molecule has 3 aromatic carbocycles. The molecule has 5 nitrogen and oxygen atoms in total. The van der Waals surface area contributed by atoms with Crippen LogP contribution < -0.4 is 19.8 Å². The lowest BCUT2D eigenvalue weighted by molar-refractivity contribution is -0.921. The lowest BCUT2D eigenvalue weighted by Crippen LogP contribution is -3.12. The maximum absolute atomic E-state index is 6.87. The van der Waals surface area contributed by atoms with E-state index in [2.05, 4.69) is 89.3 Å². The van der Waals surface area contributed by atoms with Crippen molar-refractivity contribution >= 4 is 5.70 Å². The van der Waals surface area contributed by atoms with Crippen LogP contribution in [0, 0.1) is 0 Å². The van der Waals surface area contributed by atoms with Crippen molar-refractivity contribution in [3.63, 3.8) is 0 Å². The van der Waals surface area contributed by atoms with Crippen molar-refractivity contribution in [1.82, 2.24) is 10.4 Å². The van der Waals surface area contributed by atoms with Gasteiger partial charge < -0.3 is 19.8 Å². The lowest BCUT2D eigenvalue weighted by Gasteiger charge is -2.50. The monoisotopic (exact) mass is 440 g/mol. The Hall–Kier alpha value is -3.28. The predicted octanol–water partition coefficient (Wildman–Crippen LogP) is 3.57. The number of likely N-dealkylation sites (tertiary alicyclic amines) is 1. The molecular weight excluding hydrogens is 410 g/mol. The number of quaternary nitrogens is 1. The Labute approximate surface area is 195 Å². The Balaban J connectivity index is 1.32. The van der Waals surface area contributed by atoms with Gasteiger partial charge in [0.05, 0.1) is 44.8 Å². The lowest BCUT2D eigenvalue weighted by atomic mass is 9.92. The maximum Gasteiger partial charge on any atom is 0.191 e. The number of rotatable bonds is 4. The number of fused-ring (bicyclic) bond motifs is 4. The van der Waals surface area contributed by atoms with Crippen molar-refractivity contribution < 1.29 is 14.4 Å². The Morgan fingerprint density at radius 2 is 1.70 bits per heavy atom. The van der Waals surface area contributed by atoms with Crippen molar-refractivity contribution in [3.05, 3.63) is 102 Å².